The normalized spacial score (nSPS) is 12.4. The van der Waals surface area contributed by atoms with E-state index in [2.05, 4.69) is 22.9 Å². The van der Waals surface area contributed by atoms with Crippen LogP contribution in [0.25, 0.3) is 0 Å². The summed E-state index contributed by atoms with van der Waals surface area (Å²) in [5, 5.41) is -1.09. The summed E-state index contributed by atoms with van der Waals surface area (Å²) in [5.74, 6) is 0.817. The van der Waals surface area contributed by atoms with E-state index in [1.54, 1.807) is 12.1 Å². The monoisotopic (exact) mass is 302 g/mol. The van der Waals surface area contributed by atoms with Crippen molar-refractivity contribution in [3.63, 3.8) is 0 Å². The number of ether oxygens (including phenoxy) is 1. The Morgan fingerprint density at radius 2 is 1.76 bits per heavy atom. The fourth-order valence-corrected chi connectivity index (χ4v) is 1.91. The fourth-order valence-electron chi connectivity index (χ4n) is 1.61. The minimum absolute atomic E-state index is 0.625. The second-order valence-corrected chi connectivity index (χ2v) is 4.94. The van der Waals surface area contributed by atoms with Crippen LogP contribution < -0.4 is 4.74 Å². The van der Waals surface area contributed by atoms with Crippen LogP contribution in [0.5, 0.6) is 5.75 Å². The van der Waals surface area contributed by atoms with E-state index >= 15 is 0 Å². The molecule has 0 aliphatic carbocycles. The van der Waals surface area contributed by atoms with Crippen molar-refractivity contribution in [2.24, 2.45) is 0 Å². The van der Waals surface area contributed by atoms with Gasteiger partial charge in [-0.1, -0.05) is 44.7 Å². The van der Waals surface area contributed by atoms with Crippen LogP contribution >= 0.6 is 15.9 Å². The van der Waals surface area contributed by atoms with Crippen molar-refractivity contribution in [2.45, 2.75) is 44.1 Å². The second kappa shape index (κ2) is 8.51. The molecule has 0 saturated heterocycles. The van der Waals surface area contributed by atoms with Crippen molar-refractivity contribution in [3.8, 4) is 5.75 Å². The molecule has 1 aromatic rings. The highest BCUT2D eigenvalue weighted by Crippen LogP contribution is 2.25. The van der Waals surface area contributed by atoms with Gasteiger partial charge in [-0.25, -0.2) is 4.39 Å². The highest BCUT2D eigenvalue weighted by atomic mass is 79.9. The summed E-state index contributed by atoms with van der Waals surface area (Å²) in [7, 11) is 0. The maximum Gasteiger partial charge on any atom is 0.180 e. The van der Waals surface area contributed by atoms with E-state index in [9.17, 15) is 4.39 Å². The zero-order valence-corrected chi connectivity index (χ0v) is 11.9. The third-order valence-electron chi connectivity index (χ3n) is 2.65. The minimum atomic E-state index is -1.09. The topological polar surface area (TPSA) is 9.23 Å². The van der Waals surface area contributed by atoms with Crippen molar-refractivity contribution >= 4 is 15.9 Å². The molecule has 3 heteroatoms. The van der Waals surface area contributed by atoms with Crippen LogP contribution in [0.2, 0.25) is 0 Å². The lowest BCUT2D eigenvalue weighted by Gasteiger charge is -2.07. The van der Waals surface area contributed by atoms with Crippen LogP contribution in [0, 0.1) is 0 Å². The highest BCUT2D eigenvalue weighted by molar-refractivity contribution is 9.09. The maximum absolute atomic E-state index is 12.9. The van der Waals surface area contributed by atoms with Gasteiger partial charge in [-0.05, 0) is 40.0 Å². The van der Waals surface area contributed by atoms with Gasteiger partial charge in [-0.15, -0.1) is 0 Å². The van der Waals surface area contributed by atoms with E-state index < -0.39 is 5.08 Å². The second-order valence-electron chi connectivity index (χ2n) is 4.13. The Balaban J connectivity index is 2.19. The summed E-state index contributed by atoms with van der Waals surface area (Å²) in [4.78, 5) is 0. The van der Waals surface area contributed by atoms with Crippen molar-refractivity contribution in [3.05, 3.63) is 29.8 Å². The van der Waals surface area contributed by atoms with Gasteiger partial charge < -0.3 is 4.74 Å². The minimum Gasteiger partial charge on any atom is -0.494 e. The van der Waals surface area contributed by atoms with E-state index in [0.717, 1.165) is 18.8 Å². The molecule has 17 heavy (non-hydrogen) atoms. The number of hydrogen-bond acceptors (Lipinski definition) is 1. The summed E-state index contributed by atoms with van der Waals surface area (Å²) < 4.78 is 18.4. The number of rotatable bonds is 8. The van der Waals surface area contributed by atoms with Crippen molar-refractivity contribution in [1.82, 2.24) is 0 Å². The standard InChI is InChI=1S/C14H20BrFO/c1-2-3-4-5-6-11-17-13-9-7-12(8-10-13)14(15)16/h7-10,14H,2-6,11H2,1H3. The van der Waals surface area contributed by atoms with Gasteiger partial charge in [0.15, 0.2) is 5.08 Å². The van der Waals surface area contributed by atoms with E-state index in [0.29, 0.717) is 5.56 Å². The lowest BCUT2D eigenvalue weighted by Crippen LogP contribution is -1.97. The lowest BCUT2D eigenvalue weighted by atomic mass is 10.2. The average molecular weight is 303 g/mol. The van der Waals surface area contributed by atoms with Gasteiger partial charge >= 0.3 is 0 Å². The first-order valence-corrected chi connectivity index (χ1v) is 7.16. The molecule has 0 radical (unpaired) electrons. The maximum atomic E-state index is 12.9. The number of benzene rings is 1. The van der Waals surface area contributed by atoms with Gasteiger partial charge in [0.25, 0.3) is 0 Å². The van der Waals surface area contributed by atoms with Gasteiger partial charge in [-0.2, -0.15) is 0 Å². The first kappa shape index (κ1) is 14.5. The van der Waals surface area contributed by atoms with Crippen molar-refractivity contribution in [1.29, 1.82) is 0 Å². The Kier molecular flexibility index (Phi) is 7.25. The zero-order valence-electron chi connectivity index (χ0n) is 10.3. The van der Waals surface area contributed by atoms with Crippen LogP contribution in [-0.2, 0) is 0 Å². The molecule has 0 N–H and O–H groups in total. The number of alkyl halides is 2. The molecular weight excluding hydrogens is 283 g/mol. The van der Waals surface area contributed by atoms with E-state index in [-0.39, 0.29) is 0 Å². The van der Waals surface area contributed by atoms with Crippen LogP contribution in [0.1, 0.15) is 49.7 Å². The van der Waals surface area contributed by atoms with Crippen molar-refractivity contribution < 1.29 is 9.13 Å². The number of halogens is 2. The molecule has 0 fully saturated rings. The summed E-state index contributed by atoms with van der Waals surface area (Å²) >= 11 is 2.89. The Morgan fingerprint density at radius 1 is 1.12 bits per heavy atom. The largest absolute Gasteiger partial charge is 0.494 e. The summed E-state index contributed by atoms with van der Waals surface area (Å²) in [6, 6.07) is 7.11. The van der Waals surface area contributed by atoms with E-state index in [1.807, 2.05) is 12.1 Å². The number of hydrogen-bond donors (Lipinski definition) is 0. The summed E-state index contributed by atoms with van der Waals surface area (Å²) in [6.45, 7) is 2.95. The molecule has 0 heterocycles. The molecule has 0 amide bonds. The van der Waals surface area contributed by atoms with Crippen molar-refractivity contribution in [2.75, 3.05) is 6.61 Å². The zero-order chi connectivity index (χ0) is 12.5. The molecule has 0 aliphatic heterocycles. The van der Waals surface area contributed by atoms with Crippen LogP contribution in [0.15, 0.2) is 24.3 Å². The van der Waals surface area contributed by atoms with Gasteiger partial charge in [-0.3, -0.25) is 0 Å². The molecule has 1 aromatic carbocycles. The predicted molar refractivity (Wildman–Crippen MR) is 73.5 cm³/mol. The van der Waals surface area contributed by atoms with Crippen LogP contribution in [0.4, 0.5) is 4.39 Å². The highest BCUT2D eigenvalue weighted by Gasteiger charge is 2.03. The Morgan fingerprint density at radius 3 is 2.35 bits per heavy atom. The predicted octanol–water partition coefficient (Wildman–Crippen LogP) is 5.40. The molecule has 0 saturated carbocycles. The van der Waals surface area contributed by atoms with Crippen LogP contribution in [-0.4, -0.2) is 6.61 Å². The molecule has 0 bridgehead atoms. The summed E-state index contributed by atoms with van der Waals surface area (Å²) in [6.07, 6.45) is 6.16. The van der Waals surface area contributed by atoms with Gasteiger partial charge in [0.2, 0.25) is 0 Å². The molecule has 1 unspecified atom stereocenters. The van der Waals surface area contributed by atoms with Gasteiger partial charge in [0.1, 0.15) is 5.75 Å². The van der Waals surface area contributed by atoms with E-state index in [4.69, 9.17) is 4.74 Å². The average Bonchev–Trinajstić information content (AvgIpc) is 2.34. The summed E-state index contributed by atoms with van der Waals surface area (Å²) in [5.41, 5.74) is 0.625. The molecule has 0 spiro atoms. The SMILES string of the molecule is CCCCCCCOc1ccc(C(F)Br)cc1. The van der Waals surface area contributed by atoms with Gasteiger partial charge in [0, 0.05) is 0 Å². The first-order chi connectivity index (χ1) is 8.24. The first-order valence-electron chi connectivity index (χ1n) is 6.25. The Labute approximate surface area is 111 Å². The third kappa shape index (κ3) is 6.06. The molecule has 0 aliphatic rings. The van der Waals surface area contributed by atoms with E-state index in [1.165, 1.54) is 25.7 Å². The quantitative estimate of drug-likeness (QED) is 0.461. The fraction of sp³-hybridized carbons (Fsp3) is 0.571. The molecule has 96 valence electrons. The molecule has 1 rings (SSSR count). The smallest absolute Gasteiger partial charge is 0.180 e. The molecule has 0 aromatic heterocycles. The van der Waals surface area contributed by atoms with Gasteiger partial charge in [0.05, 0.1) is 6.61 Å². The Hall–Kier alpha value is -0.570. The van der Waals surface area contributed by atoms with Crippen LogP contribution in [0.3, 0.4) is 0 Å². The third-order valence-corrected chi connectivity index (χ3v) is 3.18. The molecule has 1 atom stereocenters. The number of unbranched alkanes of at least 4 members (excludes halogenated alkanes) is 4. The Bertz CT molecular complexity index is 298. The molecular formula is C14H20BrFO. The molecule has 1 nitrogen and oxygen atoms in total. The lowest BCUT2D eigenvalue weighted by molar-refractivity contribution is 0.304.